The molecule has 0 aromatic carbocycles. The van der Waals surface area contributed by atoms with E-state index in [9.17, 15) is 0 Å². The van der Waals surface area contributed by atoms with Crippen LogP contribution < -0.4 is 4.74 Å². The number of aromatic nitrogens is 1. The second-order valence-corrected chi connectivity index (χ2v) is 2.75. The minimum atomic E-state index is 0.479. The molecule has 1 aliphatic rings. The Morgan fingerprint density at radius 3 is 3.27 bits per heavy atom. The highest BCUT2D eigenvalue weighted by atomic mass is 35.5. The molecule has 0 radical (unpaired) electrons. The maximum absolute atomic E-state index is 5.63. The molecule has 2 rings (SSSR count). The van der Waals surface area contributed by atoms with Gasteiger partial charge >= 0.3 is 0 Å². The summed E-state index contributed by atoms with van der Waals surface area (Å²) in [7, 11) is 0. The first-order valence-electron chi connectivity index (χ1n) is 3.58. The van der Waals surface area contributed by atoms with E-state index in [0.717, 1.165) is 30.2 Å². The Morgan fingerprint density at radius 1 is 1.55 bits per heavy atom. The second-order valence-electron chi connectivity index (χ2n) is 2.48. The first-order valence-corrected chi connectivity index (χ1v) is 4.11. The van der Waals surface area contributed by atoms with E-state index >= 15 is 0 Å². The van der Waals surface area contributed by atoms with Crippen LogP contribution in [0.1, 0.15) is 11.4 Å². The molecule has 0 atom stereocenters. The van der Waals surface area contributed by atoms with Crippen LogP contribution in [0.5, 0.6) is 5.75 Å². The quantitative estimate of drug-likeness (QED) is 0.598. The third kappa shape index (κ3) is 1.18. The van der Waals surface area contributed by atoms with Crippen molar-refractivity contribution in [3.63, 3.8) is 0 Å². The minimum absolute atomic E-state index is 0.479. The molecule has 0 bridgehead atoms. The lowest BCUT2D eigenvalue weighted by atomic mass is 10.2. The molecule has 0 spiro atoms. The summed E-state index contributed by atoms with van der Waals surface area (Å²) in [6.07, 6.45) is 0.917. The van der Waals surface area contributed by atoms with E-state index in [1.54, 1.807) is 0 Å². The van der Waals surface area contributed by atoms with E-state index in [1.807, 2.05) is 12.1 Å². The lowest BCUT2D eigenvalue weighted by Crippen LogP contribution is -1.89. The minimum Gasteiger partial charge on any atom is -0.491 e. The van der Waals surface area contributed by atoms with Crippen LogP contribution in [0.2, 0.25) is 0 Å². The van der Waals surface area contributed by atoms with Crippen LogP contribution in [0.3, 0.4) is 0 Å². The van der Waals surface area contributed by atoms with Gasteiger partial charge in [0.05, 0.1) is 23.9 Å². The molecule has 1 aromatic heterocycles. The molecule has 11 heavy (non-hydrogen) atoms. The fourth-order valence-electron chi connectivity index (χ4n) is 1.18. The van der Waals surface area contributed by atoms with Crippen LogP contribution in [0.25, 0.3) is 0 Å². The van der Waals surface area contributed by atoms with Crippen molar-refractivity contribution in [3.05, 3.63) is 23.5 Å². The molecule has 2 nitrogen and oxygen atoms in total. The Morgan fingerprint density at radius 2 is 2.45 bits per heavy atom. The van der Waals surface area contributed by atoms with Gasteiger partial charge in [0.15, 0.2) is 0 Å². The molecule has 0 saturated carbocycles. The van der Waals surface area contributed by atoms with Gasteiger partial charge in [0.25, 0.3) is 0 Å². The van der Waals surface area contributed by atoms with Gasteiger partial charge in [-0.15, -0.1) is 11.6 Å². The predicted molar refractivity (Wildman–Crippen MR) is 43.0 cm³/mol. The van der Waals surface area contributed by atoms with Gasteiger partial charge < -0.3 is 4.74 Å². The van der Waals surface area contributed by atoms with E-state index < -0.39 is 0 Å². The Bertz CT molecular complexity index is 275. The molecule has 1 aliphatic heterocycles. The number of ether oxygens (including phenoxy) is 1. The smallest absolute Gasteiger partial charge is 0.140 e. The van der Waals surface area contributed by atoms with Gasteiger partial charge in [-0.25, -0.2) is 0 Å². The normalized spacial score (nSPS) is 14.3. The summed E-state index contributed by atoms with van der Waals surface area (Å²) >= 11 is 5.63. The van der Waals surface area contributed by atoms with Crippen molar-refractivity contribution >= 4 is 11.6 Å². The molecule has 0 unspecified atom stereocenters. The monoisotopic (exact) mass is 169 g/mol. The molecule has 0 saturated heterocycles. The summed E-state index contributed by atoms with van der Waals surface area (Å²) < 4.78 is 5.29. The average molecular weight is 170 g/mol. The first-order chi connectivity index (χ1) is 5.40. The zero-order valence-electron chi connectivity index (χ0n) is 6.01. The molecular weight excluding hydrogens is 162 g/mol. The Hall–Kier alpha value is -0.760. The fourth-order valence-corrected chi connectivity index (χ4v) is 1.33. The number of nitrogens with zero attached hydrogens (tertiary/aromatic N) is 1. The zero-order chi connectivity index (χ0) is 7.68. The number of halogens is 1. The number of hydrogen-bond acceptors (Lipinski definition) is 2. The van der Waals surface area contributed by atoms with Gasteiger partial charge in [-0.2, -0.15) is 0 Å². The molecule has 2 heterocycles. The number of alkyl halides is 1. The molecule has 3 heteroatoms. The second kappa shape index (κ2) is 2.70. The van der Waals surface area contributed by atoms with Gasteiger partial charge in [-0.05, 0) is 12.1 Å². The number of fused-ring (bicyclic) bond motifs is 1. The molecule has 0 N–H and O–H groups in total. The maximum Gasteiger partial charge on any atom is 0.140 e. The van der Waals surface area contributed by atoms with E-state index in [4.69, 9.17) is 16.3 Å². The highest BCUT2D eigenvalue weighted by Gasteiger charge is 2.12. The lowest BCUT2D eigenvalue weighted by Gasteiger charge is -1.98. The van der Waals surface area contributed by atoms with Crippen molar-refractivity contribution in [2.24, 2.45) is 0 Å². The van der Waals surface area contributed by atoms with Crippen LogP contribution in [0.15, 0.2) is 12.1 Å². The Balaban J connectivity index is 2.41. The predicted octanol–water partition coefficient (Wildman–Crippen LogP) is 1.76. The maximum atomic E-state index is 5.63. The van der Waals surface area contributed by atoms with Crippen molar-refractivity contribution in [1.82, 2.24) is 4.98 Å². The van der Waals surface area contributed by atoms with Gasteiger partial charge in [-0.1, -0.05) is 0 Å². The Labute approximate surface area is 70.2 Å². The molecule has 1 aromatic rings. The third-order valence-electron chi connectivity index (χ3n) is 1.72. The van der Waals surface area contributed by atoms with Crippen LogP contribution in [-0.2, 0) is 12.3 Å². The van der Waals surface area contributed by atoms with Crippen molar-refractivity contribution in [3.8, 4) is 5.75 Å². The summed E-state index contributed by atoms with van der Waals surface area (Å²) in [5, 5.41) is 0. The number of pyridine rings is 1. The summed E-state index contributed by atoms with van der Waals surface area (Å²) in [4.78, 5) is 4.31. The molecule has 0 amide bonds. The van der Waals surface area contributed by atoms with Crippen LogP contribution in [-0.4, -0.2) is 11.6 Å². The Kier molecular flexibility index (Phi) is 1.70. The van der Waals surface area contributed by atoms with E-state index in [0.29, 0.717) is 5.88 Å². The SMILES string of the molecule is ClCc1ccc2c(n1)CCO2. The summed E-state index contributed by atoms with van der Waals surface area (Å²) in [6, 6.07) is 3.84. The number of rotatable bonds is 1. The van der Waals surface area contributed by atoms with Gasteiger partial charge in [-0.3, -0.25) is 4.98 Å². The van der Waals surface area contributed by atoms with Gasteiger partial charge in [0.1, 0.15) is 5.75 Å². The summed E-state index contributed by atoms with van der Waals surface area (Å²) in [5.41, 5.74) is 1.97. The van der Waals surface area contributed by atoms with Gasteiger partial charge in [0, 0.05) is 6.42 Å². The standard InChI is InChI=1S/C8H8ClNO/c9-5-6-1-2-8-7(10-6)3-4-11-8/h1-2H,3-5H2. The van der Waals surface area contributed by atoms with Crippen molar-refractivity contribution in [2.45, 2.75) is 12.3 Å². The highest BCUT2D eigenvalue weighted by molar-refractivity contribution is 6.16. The largest absolute Gasteiger partial charge is 0.491 e. The molecule has 0 aliphatic carbocycles. The first kappa shape index (κ1) is 6.92. The molecule has 0 fully saturated rings. The molecular formula is C8H8ClNO. The van der Waals surface area contributed by atoms with Crippen LogP contribution >= 0.6 is 11.6 Å². The zero-order valence-corrected chi connectivity index (χ0v) is 6.77. The van der Waals surface area contributed by atoms with Crippen LogP contribution in [0, 0.1) is 0 Å². The number of hydrogen-bond donors (Lipinski definition) is 0. The van der Waals surface area contributed by atoms with Gasteiger partial charge in [0.2, 0.25) is 0 Å². The van der Waals surface area contributed by atoms with Crippen molar-refractivity contribution < 1.29 is 4.74 Å². The van der Waals surface area contributed by atoms with E-state index in [-0.39, 0.29) is 0 Å². The molecule has 58 valence electrons. The third-order valence-corrected chi connectivity index (χ3v) is 2.00. The average Bonchev–Trinajstić information content (AvgIpc) is 2.50. The fraction of sp³-hybridized carbons (Fsp3) is 0.375. The van der Waals surface area contributed by atoms with Crippen LogP contribution in [0.4, 0.5) is 0 Å². The summed E-state index contributed by atoms with van der Waals surface area (Å²) in [6.45, 7) is 0.758. The highest BCUT2D eigenvalue weighted by Crippen LogP contribution is 2.23. The summed E-state index contributed by atoms with van der Waals surface area (Å²) in [5.74, 6) is 1.40. The van der Waals surface area contributed by atoms with Crippen molar-refractivity contribution in [2.75, 3.05) is 6.61 Å². The topological polar surface area (TPSA) is 22.1 Å². The van der Waals surface area contributed by atoms with E-state index in [1.165, 1.54) is 0 Å². The van der Waals surface area contributed by atoms with Crippen molar-refractivity contribution in [1.29, 1.82) is 0 Å². The van der Waals surface area contributed by atoms with E-state index in [2.05, 4.69) is 4.98 Å². The lowest BCUT2D eigenvalue weighted by molar-refractivity contribution is 0.357.